The van der Waals surface area contributed by atoms with E-state index in [0.717, 1.165) is 18.9 Å². The first-order valence-electron chi connectivity index (χ1n) is 9.00. The van der Waals surface area contributed by atoms with Crippen molar-refractivity contribution >= 4 is 33.3 Å². The molecule has 0 rings (SSSR count). The van der Waals surface area contributed by atoms with Gasteiger partial charge >= 0.3 is 15.3 Å². The molecule has 0 amide bonds. The molecule has 0 unspecified atom stereocenters. The first-order valence-corrected chi connectivity index (χ1v) is 14.7. The Balaban J connectivity index is 4.23. The minimum Gasteiger partial charge on any atom is -0.462 e. The van der Waals surface area contributed by atoms with Crippen LogP contribution in [0.3, 0.4) is 0 Å². The van der Waals surface area contributed by atoms with Crippen LogP contribution < -0.4 is 0 Å². The molecule has 0 heterocycles. The van der Waals surface area contributed by atoms with Crippen molar-refractivity contribution in [2.24, 2.45) is 0 Å². The molecule has 1 radical (unpaired) electrons. The Bertz CT molecular complexity index is 317. The molecule has 0 aromatic heterocycles. The molecule has 7 heteroatoms. The van der Waals surface area contributed by atoms with E-state index in [2.05, 4.69) is 34.3 Å². The molecular weight excluding hydrogens is 340 g/mol. The Morgan fingerprint density at radius 1 is 0.957 bits per heavy atom. The van der Waals surface area contributed by atoms with E-state index in [1.54, 1.807) is 6.92 Å². The first-order chi connectivity index (χ1) is 11.0. The molecule has 0 aliphatic carbocycles. The van der Waals surface area contributed by atoms with Crippen molar-refractivity contribution in [3.63, 3.8) is 0 Å². The van der Waals surface area contributed by atoms with Crippen LogP contribution in [-0.4, -0.2) is 39.9 Å². The second-order valence-corrected chi connectivity index (χ2v) is 14.7. The van der Waals surface area contributed by atoms with Gasteiger partial charge < -0.3 is 13.0 Å². The van der Waals surface area contributed by atoms with Crippen molar-refractivity contribution in [2.45, 2.75) is 77.7 Å². The van der Waals surface area contributed by atoms with Crippen molar-refractivity contribution in [3.8, 4) is 0 Å². The van der Waals surface area contributed by atoms with Gasteiger partial charge in [0.1, 0.15) is 0 Å². The molecule has 0 fully saturated rings. The maximum Gasteiger partial charge on any atom is 0.362 e. The van der Waals surface area contributed by atoms with Crippen LogP contribution in [0.15, 0.2) is 12.2 Å². The van der Waals surface area contributed by atoms with Crippen LogP contribution in [-0.2, 0) is 17.8 Å². The van der Waals surface area contributed by atoms with Gasteiger partial charge in [0.05, 0.1) is 6.61 Å². The van der Waals surface area contributed by atoms with Crippen molar-refractivity contribution in [1.29, 1.82) is 0 Å². The van der Waals surface area contributed by atoms with Crippen molar-refractivity contribution < 1.29 is 17.8 Å². The molecule has 23 heavy (non-hydrogen) atoms. The van der Waals surface area contributed by atoms with E-state index in [1.165, 1.54) is 24.2 Å². The molecule has 0 saturated carbocycles. The SMILES string of the molecule is C=C(C)C(=O)OCCCC[Si](O[SiH](CC)CC)O[SiH](CC)CC. The monoisotopic (exact) mass is 375 g/mol. The van der Waals surface area contributed by atoms with Crippen molar-refractivity contribution in [2.75, 3.05) is 6.61 Å². The summed E-state index contributed by atoms with van der Waals surface area (Å²) in [5, 5.41) is 0. The highest BCUT2D eigenvalue weighted by Crippen LogP contribution is 2.13. The molecule has 0 atom stereocenters. The van der Waals surface area contributed by atoms with Gasteiger partial charge in [-0.2, -0.15) is 0 Å². The van der Waals surface area contributed by atoms with E-state index in [4.69, 9.17) is 13.0 Å². The van der Waals surface area contributed by atoms with E-state index in [0.29, 0.717) is 12.2 Å². The molecule has 0 N–H and O–H groups in total. The highest BCUT2D eigenvalue weighted by Gasteiger charge is 2.23. The van der Waals surface area contributed by atoms with Gasteiger partial charge in [0.15, 0.2) is 18.1 Å². The minimum atomic E-state index is -1.14. The molecule has 0 spiro atoms. The molecule has 0 aliphatic heterocycles. The van der Waals surface area contributed by atoms with Gasteiger partial charge in [-0.1, -0.05) is 34.3 Å². The van der Waals surface area contributed by atoms with E-state index in [9.17, 15) is 4.79 Å². The summed E-state index contributed by atoms with van der Waals surface area (Å²) in [5.74, 6) is -0.295. The lowest BCUT2D eigenvalue weighted by Crippen LogP contribution is -2.36. The first kappa shape index (κ1) is 22.8. The average molecular weight is 376 g/mol. The third kappa shape index (κ3) is 11.0. The van der Waals surface area contributed by atoms with E-state index >= 15 is 0 Å². The van der Waals surface area contributed by atoms with E-state index < -0.39 is 27.4 Å². The number of rotatable bonds is 14. The largest absolute Gasteiger partial charge is 0.462 e. The molecule has 0 aromatic rings. The van der Waals surface area contributed by atoms with Crippen LogP contribution >= 0.6 is 0 Å². The Hall–Kier alpha value is -0.219. The molecular formula is C16H35O4Si3. The predicted octanol–water partition coefficient (Wildman–Crippen LogP) is 3.93. The number of hydrogen-bond acceptors (Lipinski definition) is 4. The van der Waals surface area contributed by atoms with Gasteiger partial charge in [-0.15, -0.1) is 0 Å². The molecule has 4 nitrogen and oxygen atoms in total. The molecule has 0 aliphatic rings. The summed E-state index contributed by atoms with van der Waals surface area (Å²) in [6.45, 7) is 14.6. The summed E-state index contributed by atoms with van der Waals surface area (Å²) < 4.78 is 17.9. The van der Waals surface area contributed by atoms with Gasteiger partial charge in [-0.05, 0) is 50.0 Å². The van der Waals surface area contributed by atoms with Crippen LogP contribution in [0.1, 0.15) is 47.5 Å². The standard InChI is InChI=1S/C16H35O4Si3/c1-7-21(8-2)19-23(20-22(9-3)10-4)14-12-11-13-18-16(17)15(5)6/h21-22H,5,7-14H2,1-4,6H3. The number of carbonyl (C=O) groups excluding carboxylic acids is 1. The summed E-state index contributed by atoms with van der Waals surface area (Å²) >= 11 is 0. The molecule has 0 aromatic carbocycles. The Morgan fingerprint density at radius 2 is 1.43 bits per heavy atom. The number of ether oxygens (including phenoxy) is 1. The van der Waals surface area contributed by atoms with Gasteiger partial charge in [-0.3, -0.25) is 0 Å². The topological polar surface area (TPSA) is 44.8 Å². The maximum atomic E-state index is 11.3. The Morgan fingerprint density at radius 3 is 1.83 bits per heavy atom. The zero-order valence-corrected chi connectivity index (χ0v) is 19.0. The fourth-order valence-electron chi connectivity index (χ4n) is 2.09. The lowest BCUT2D eigenvalue weighted by Gasteiger charge is -2.24. The Kier molecular flexibility index (Phi) is 14.0. The second kappa shape index (κ2) is 14.2. The predicted molar refractivity (Wildman–Crippen MR) is 104 cm³/mol. The summed E-state index contributed by atoms with van der Waals surface area (Å²) in [4.78, 5) is 11.3. The quantitative estimate of drug-likeness (QED) is 0.200. The fourth-order valence-corrected chi connectivity index (χ4v) is 11.1. The highest BCUT2D eigenvalue weighted by molar-refractivity contribution is 6.68. The number of esters is 1. The summed E-state index contributed by atoms with van der Waals surface area (Å²) in [7, 11) is -3.29. The lowest BCUT2D eigenvalue weighted by atomic mass is 10.3. The zero-order valence-electron chi connectivity index (χ0n) is 15.7. The van der Waals surface area contributed by atoms with Crippen LogP contribution in [0.5, 0.6) is 0 Å². The van der Waals surface area contributed by atoms with E-state index in [-0.39, 0.29) is 5.97 Å². The third-order valence-electron chi connectivity index (χ3n) is 3.77. The lowest BCUT2D eigenvalue weighted by molar-refractivity contribution is -0.139. The zero-order chi connectivity index (χ0) is 17.7. The van der Waals surface area contributed by atoms with Gasteiger partial charge in [0.25, 0.3) is 0 Å². The second-order valence-electron chi connectivity index (χ2n) is 5.86. The molecule has 0 bridgehead atoms. The van der Waals surface area contributed by atoms with Crippen LogP contribution in [0.2, 0.25) is 30.2 Å². The smallest absolute Gasteiger partial charge is 0.362 e. The van der Waals surface area contributed by atoms with Gasteiger partial charge in [-0.25, -0.2) is 4.79 Å². The fraction of sp³-hybridized carbons (Fsp3) is 0.812. The number of unbranched alkanes of at least 4 members (excludes halogenated alkanes) is 1. The summed E-state index contributed by atoms with van der Waals surface area (Å²) in [6, 6.07) is 5.70. The van der Waals surface area contributed by atoms with Crippen LogP contribution in [0, 0.1) is 0 Å². The summed E-state index contributed by atoms with van der Waals surface area (Å²) in [6.07, 6.45) is 1.87. The van der Waals surface area contributed by atoms with Crippen molar-refractivity contribution in [1.82, 2.24) is 0 Å². The minimum absolute atomic E-state index is 0.295. The number of carbonyl (C=O) groups is 1. The average Bonchev–Trinajstić information content (AvgIpc) is 2.55. The van der Waals surface area contributed by atoms with Crippen LogP contribution in [0.25, 0.3) is 0 Å². The van der Waals surface area contributed by atoms with Gasteiger partial charge in [0.2, 0.25) is 0 Å². The normalized spacial score (nSPS) is 11.5. The summed E-state index contributed by atoms with van der Waals surface area (Å²) in [5.41, 5.74) is 0.459. The maximum absolute atomic E-state index is 11.3. The highest BCUT2D eigenvalue weighted by atomic mass is 28.4. The molecule has 135 valence electrons. The van der Waals surface area contributed by atoms with E-state index in [1.807, 2.05) is 0 Å². The Labute approximate surface area is 147 Å². The third-order valence-corrected chi connectivity index (χ3v) is 12.9. The van der Waals surface area contributed by atoms with Crippen LogP contribution in [0.4, 0.5) is 0 Å². The van der Waals surface area contributed by atoms with Crippen molar-refractivity contribution in [3.05, 3.63) is 12.2 Å². The van der Waals surface area contributed by atoms with Gasteiger partial charge in [0, 0.05) is 5.57 Å². The molecule has 0 saturated heterocycles. The number of hydrogen-bond donors (Lipinski definition) is 0.